The number of aromatic nitrogens is 2. The molecule has 1 saturated heterocycles. The van der Waals surface area contributed by atoms with E-state index in [1.165, 1.54) is 12.3 Å². The number of hydrogen-bond acceptors (Lipinski definition) is 4. The van der Waals surface area contributed by atoms with Crippen molar-refractivity contribution in [3.05, 3.63) is 23.8 Å². The normalized spacial score (nSPS) is 20.4. The minimum Gasteiger partial charge on any atom is -0.477 e. The van der Waals surface area contributed by atoms with Crippen LogP contribution in [0, 0.1) is 5.92 Å². The summed E-state index contributed by atoms with van der Waals surface area (Å²) < 4.78 is 5.24. The fourth-order valence-electron chi connectivity index (χ4n) is 1.62. The van der Waals surface area contributed by atoms with Gasteiger partial charge in [-0.3, -0.25) is 0 Å². The number of aromatic carboxylic acids is 1. The summed E-state index contributed by atoms with van der Waals surface area (Å²) in [5.74, 6) is 0.000710. The number of carboxylic acid groups (broad SMARTS) is 1. The summed E-state index contributed by atoms with van der Waals surface area (Å²) in [5.41, 5.74) is 0.0546. The molecule has 1 atom stereocenters. The van der Waals surface area contributed by atoms with Crippen LogP contribution in [0.4, 0.5) is 0 Å². The number of rotatable bonds is 3. The molecule has 1 aromatic heterocycles. The first kappa shape index (κ1) is 10.0. The van der Waals surface area contributed by atoms with Crippen LogP contribution in [-0.2, 0) is 11.2 Å². The zero-order valence-corrected chi connectivity index (χ0v) is 8.22. The molecule has 1 unspecified atom stereocenters. The van der Waals surface area contributed by atoms with Crippen LogP contribution in [0.5, 0.6) is 0 Å². The monoisotopic (exact) mass is 208 g/mol. The van der Waals surface area contributed by atoms with Crippen molar-refractivity contribution >= 4 is 5.97 Å². The Labute approximate surface area is 87.1 Å². The van der Waals surface area contributed by atoms with Crippen molar-refractivity contribution in [2.75, 3.05) is 13.2 Å². The standard InChI is InChI=1S/C10H12N2O3/c13-10(14)8-1-3-11-9(12-8)5-7-2-4-15-6-7/h1,3,7H,2,4-6H2,(H,13,14). The van der Waals surface area contributed by atoms with Crippen molar-refractivity contribution in [2.24, 2.45) is 5.92 Å². The largest absolute Gasteiger partial charge is 0.477 e. The Morgan fingerprint density at radius 2 is 2.53 bits per heavy atom. The van der Waals surface area contributed by atoms with Gasteiger partial charge in [0.25, 0.3) is 0 Å². The summed E-state index contributed by atoms with van der Waals surface area (Å²) in [6.45, 7) is 1.50. The van der Waals surface area contributed by atoms with Gasteiger partial charge in [-0.25, -0.2) is 14.8 Å². The lowest BCUT2D eigenvalue weighted by molar-refractivity contribution is 0.0690. The van der Waals surface area contributed by atoms with Crippen molar-refractivity contribution in [1.82, 2.24) is 9.97 Å². The van der Waals surface area contributed by atoms with Gasteiger partial charge >= 0.3 is 5.97 Å². The lowest BCUT2D eigenvalue weighted by Gasteiger charge is -2.05. The van der Waals surface area contributed by atoms with Crippen molar-refractivity contribution < 1.29 is 14.6 Å². The van der Waals surface area contributed by atoms with Crippen LogP contribution in [0.15, 0.2) is 12.3 Å². The number of hydrogen-bond donors (Lipinski definition) is 1. The molecule has 1 aliphatic rings. The second kappa shape index (κ2) is 4.35. The van der Waals surface area contributed by atoms with Gasteiger partial charge in [0, 0.05) is 25.8 Å². The molecule has 1 N–H and O–H groups in total. The third-order valence-corrected chi connectivity index (χ3v) is 2.42. The predicted octanol–water partition coefficient (Wildman–Crippen LogP) is 0.754. The highest BCUT2D eigenvalue weighted by molar-refractivity contribution is 5.85. The van der Waals surface area contributed by atoms with Gasteiger partial charge < -0.3 is 9.84 Å². The minimum atomic E-state index is -1.01. The van der Waals surface area contributed by atoms with E-state index >= 15 is 0 Å². The molecule has 0 saturated carbocycles. The van der Waals surface area contributed by atoms with E-state index in [1.54, 1.807) is 0 Å². The molecule has 80 valence electrons. The maximum Gasteiger partial charge on any atom is 0.354 e. The number of nitrogens with zero attached hydrogens (tertiary/aromatic N) is 2. The zero-order valence-electron chi connectivity index (χ0n) is 8.22. The third-order valence-electron chi connectivity index (χ3n) is 2.42. The average Bonchev–Trinajstić information content (AvgIpc) is 2.71. The Morgan fingerprint density at radius 1 is 1.67 bits per heavy atom. The third kappa shape index (κ3) is 2.50. The summed E-state index contributed by atoms with van der Waals surface area (Å²) in [7, 11) is 0. The predicted molar refractivity (Wildman–Crippen MR) is 51.6 cm³/mol. The van der Waals surface area contributed by atoms with Crippen molar-refractivity contribution in [3.63, 3.8) is 0 Å². The molecular formula is C10H12N2O3. The highest BCUT2D eigenvalue weighted by Gasteiger charge is 2.18. The lowest BCUT2D eigenvalue weighted by Crippen LogP contribution is -2.10. The lowest BCUT2D eigenvalue weighted by atomic mass is 10.0. The summed E-state index contributed by atoms with van der Waals surface area (Å²) in [4.78, 5) is 18.7. The Morgan fingerprint density at radius 3 is 3.20 bits per heavy atom. The van der Waals surface area contributed by atoms with Crippen molar-refractivity contribution in [2.45, 2.75) is 12.8 Å². The molecule has 0 radical (unpaired) electrons. The van der Waals surface area contributed by atoms with E-state index in [1.807, 2.05) is 0 Å². The quantitative estimate of drug-likeness (QED) is 0.793. The maximum atomic E-state index is 10.7. The van der Waals surface area contributed by atoms with E-state index in [4.69, 9.17) is 9.84 Å². The molecule has 2 heterocycles. The number of carbonyl (C=O) groups is 1. The molecule has 1 fully saturated rings. The maximum absolute atomic E-state index is 10.7. The molecule has 0 aromatic carbocycles. The van der Waals surface area contributed by atoms with Gasteiger partial charge in [-0.1, -0.05) is 0 Å². The van der Waals surface area contributed by atoms with Crippen molar-refractivity contribution in [1.29, 1.82) is 0 Å². The van der Waals surface area contributed by atoms with E-state index in [9.17, 15) is 4.79 Å². The first-order valence-corrected chi connectivity index (χ1v) is 4.88. The topological polar surface area (TPSA) is 72.3 Å². The van der Waals surface area contributed by atoms with Crippen LogP contribution >= 0.6 is 0 Å². The first-order chi connectivity index (χ1) is 7.25. The van der Waals surface area contributed by atoms with Crippen molar-refractivity contribution in [3.8, 4) is 0 Å². The zero-order chi connectivity index (χ0) is 10.7. The molecule has 1 aliphatic heterocycles. The molecule has 0 spiro atoms. The summed E-state index contributed by atoms with van der Waals surface area (Å²) in [6.07, 6.45) is 3.18. The molecule has 2 rings (SSSR count). The SMILES string of the molecule is O=C(O)c1ccnc(CC2CCOC2)n1. The van der Waals surface area contributed by atoms with E-state index in [-0.39, 0.29) is 5.69 Å². The summed E-state index contributed by atoms with van der Waals surface area (Å²) in [5, 5.41) is 8.76. The molecule has 0 bridgehead atoms. The van der Waals surface area contributed by atoms with Gasteiger partial charge in [-0.05, 0) is 18.4 Å². The molecule has 5 nitrogen and oxygen atoms in total. The van der Waals surface area contributed by atoms with Crippen LogP contribution in [0.25, 0.3) is 0 Å². The Bertz CT molecular complexity index is 361. The van der Waals surface area contributed by atoms with E-state index < -0.39 is 5.97 Å². The smallest absolute Gasteiger partial charge is 0.354 e. The van der Waals surface area contributed by atoms with Crippen LogP contribution in [0.3, 0.4) is 0 Å². The Hall–Kier alpha value is -1.49. The summed E-state index contributed by atoms with van der Waals surface area (Å²) >= 11 is 0. The van der Waals surface area contributed by atoms with E-state index in [0.29, 0.717) is 18.2 Å². The van der Waals surface area contributed by atoms with Gasteiger partial charge in [-0.2, -0.15) is 0 Å². The van der Waals surface area contributed by atoms with Crippen LogP contribution in [0.2, 0.25) is 0 Å². The van der Waals surface area contributed by atoms with E-state index in [0.717, 1.165) is 19.6 Å². The van der Waals surface area contributed by atoms with Crippen LogP contribution in [0.1, 0.15) is 22.7 Å². The van der Waals surface area contributed by atoms with Gasteiger partial charge in [0.05, 0.1) is 0 Å². The highest BCUT2D eigenvalue weighted by atomic mass is 16.5. The molecule has 0 aliphatic carbocycles. The fourth-order valence-corrected chi connectivity index (χ4v) is 1.62. The first-order valence-electron chi connectivity index (χ1n) is 4.88. The Kier molecular flexibility index (Phi) is 2.91. The highest BCUT2D eigenvalue weighted by Crippen LogP contribution is 2.16. The van der Waals surface area contributed by atoms with Crippen LogP contribution in [-0.4, -0.2) is 34.3 Å². The summed E-state index contributed by atoms with van der Waals surface area (Å²) in [6, 6.07) is 1.40. The second-order valence-electron chi connectivity index (χ2n) is 3.60. The molecule has 15 heavy (non-hydrogen) atoms. The van der Waals surface area contributed by atoms with Gasteiger partial charge in [-0.15, -0.1) is 0 Å². The van der Waals surface area contributed by atoms with Gasteiger partial charge in [0.15, 0.2) is 5.69 Å². The fraction of sp³-hybridized carbons (Fsp3) is 0.500. The Balaban J connectivity index is 2.07. The second-order valence-corrected chi connectivity index (χ2v) is 3.60. The van der Waals surface area contributed by atoms with E-state index in [2.05, 4.69) is 9.97 Å². The average molecular weight is 208 g/mol. The van der Waals surface area contributed by atoms with Gasteiger partial charge in [0.1, 0.15) is 5.82 Å². The molecule has 5 heteroatoms. The number of ether oxygens (including phenoxy) is 1. The number of carboxylic acids is 1. The molecule has 0 amide bonds. The molecule has 1 aromatic rings. The van der Waals surface area contributed by atoms with Gasteiger partial charge in [0.2, 0.25) is 0 Å². The van der Waals surface area contributed by atoms with Crippen LogP contribution < -0.4 is 0 Å². The minimum absolute atomic E-state index is 0.0546. The molecular weight excluding hydrogens is 196 g/mol.